The summed E-state index contributed by atoms with van der Waals surface area (Å²) in [5, 5.41) is 4.63. The van der Waals surface area contributed by atoms with Crippen LogP contribution in [0, 0.1) is 6.92 Å². The summed E-state index contributed by atoms with van der Waals surface area (Å²) in [7, 11) is 2.04. The summed E-state index contributed by atoms with van der Waals surface area (Å²) in [5.74, 6) is 0.927. The van der Waals surface area contributed by atoms with Crippen LogP contribution >= 0.6 is 0 Å². The first-order valence-corrected chi connectivity index (χ1v) is 10.1. The van der Waals surface area contributed by atoms with Crippen LogP contribution in [0.25, 0.3) is 22.3 Å². The van der Waals surface area contributed by atoms with Crippen molar-refractivity contribution in [1.82, 2.24) is 29.3 Å². The van der Waals surface area contributed by atoms with Crippen LogP contribution in [0.1, 0.15) is 18.5 Å². The highest BCUT2D eigenvalue weighted by Gasteiger charge is 2.29. The van der Waals surface area contributed by atoms with Crippen molar-refractivity contribution in [3.8, 4) is 11.3 Å². The number of aromatic nitrogens is 6. The Hall–Kier alpha value is -3.55. The number of pyridine rings is 1. The molecule has 5 heterocycles. The smallest absolute Gasteiger partial charge is 0.266 e. The Morgan fingerprint density at radius 1 is 1.13 bits per heavy atom. The van der Waals surface area contributed by atoms with E-state index in [1.165, 1.54) is 0 Å². The summed E-state index contributed by atoms with van der Waals surface area (Å²) in [6.45, 7) is 3.49. The highest BCUT2D eigenvalue weighted by atomic mass is 16.1. The van der Waals surface area contributed by atoms with Gasteiger partial charge in [-0.15, -0.1) is 0 Å². The molecule has 1 saturated heterocycles. The summed E-state index contributed by atoms with van der Waals surface area (Å²) in [6, 6.07) is 9.38. The lowest BCUT2D eigenvalue weighted by molar-refractivity contribution is 0.489. The Morgan fingerprint density at radius 3 is 2.80 bits per heavy atom. The first-order valence-electron chi connectivity index (χ1n) is 10.1. The number of rotatable bonds is 4. The van der Waals surface area contributed by atoms with Crippen molar-refractivity contribution in [2.45, 2.75) is 32.4 Å². The Kier molecular flexibility index (Phi) is 4.54. The average Bonchev–Trinajstić information content (AvgIpc) is 3.34. The van der Waals surface area contributed by atoms with Gasteiger partial charge in [-0.1, -0.05) is 0 Å². The zero-order valence-electron chi connectivity index (χ0n) is 17.1. The first kappa shape index (κ1) is 18.5. The molecule has 1 unspecified atom stereocenters. The van der Waals surface area contributed by atoms with Crippen LogP contribution in [0.15, 0.2) is 53.8 Å². The van der Waals surface area contributed by atoms with Crippen molar-refractivity contribution in [3.05, 3.63) is 65.1 Å². The van der Waals surface area contributed by atoms with E-state index in [4.69, 9.17) is 0 Å². The highest BCUT2D eigenvalue weighted by molar-refractivity contribution is 5.87. The van der Waals surface area contributed by atoms with E-state index in [0.717, 1.165) is 53.2 Å². The van der Waals surface area contributed by atoms with E-state index >= 15 is 0 Å². The van der Waals surface area contributed by atoms with Crippen molar-refractivity contribution < 1.29 is 0 Å². The molecule has 0 N–H and O–H groups in total. The van der Waals surface area contributed by atoms with Crippen molar-refractivity contribution in [2.75, 3.05) is 11.4 Å². The fourth-order valence-electron chi connectivity index (χ4n) is 4.25. The maximum atomic E-state index is 12.5. The van der Waals surface area contributed by atoms with Crippen LogP contribution in [-0.4, -0.2) is 41.9 Å². The van der Waals surface area contributed by atoms with Gasteiger partial charge in [-0.25, -0.2) is 14.6 Å². The molecule has 1 atom stereocenters. The molecule has 0 spiro atoms. The maximum absolute atomic E-state index is 12.5. The summed E-state index contributed by atoms with van der Waals surface area (Å²) >= 11 is 0. The number of hydrogen-bond acceptors (Lipinski definition) is 6. The van der Waals surface area contributed by atoms with E-state index in [9.17, 15) is 4.79 Å². The molecule has 0 saturated carbocycles. The Balaban J connectivity index is 1.50. The molecule has 8 heteroatoms. The lowest BCUT2D eigenvalue weighted by atomic mass is 10.2. The van der Waals surface area contributed by atoms with E-state index in [1.54, 1.807) is 35.5 Å². The van der Waals surface area contributed by atoms with Gasteiger partial charge in [-0.3, -0.25) is 9.78 Å². The largest absolute Gasteiger partial charge is 0.350 e. The zero-order valence-corrected chi connectivity index (χ0v) is 17.1. The predicted octanol–water partition coefficient (Wildman–Crippen LogP) is 2.56. The fourth-order valence-corrected chi connectivity index (χ4v) is 4.25. The Morgan fingerprint density at radius 2 is 1.97 bits per heavy atom. The molecule has 0 bridgehead atoms. The molecule has 1 aliphatic heterocycles. The van der Waals surface area contributed by atoms with Gasteiger partial charge in [0.05, 0.1) is 23.8 Å². The molecular weight excluding hydrogens is 378 g/mol. The van der Waals surface area contributed by atoms with Crippen molar-refractivity contribution in [1.29, 1.82) is 0 Å². The van der Waals surface area contributed by atoms with Crippen LogP contribution in [0.3, 0.4) is 0 Å². The molecule has 1 aliphatic rings. The fraction of sp³-hybridized carbons (Fsp3) is 0.318. The number of nitrogens with zero attached hydrogens (tertiary/aromatic N) is 7. The van der Waals surface area contributed by atoms with Gasteiger partial charge in [-0.2, -0.15) is 5.10 Å². The minimum Gasteiger partial charge on any atom is -0.350 e. The lowest BCUT2D eigenvalue weighted by Gasteiger charge is -2.26. The second-order valence-corrected chi connectivity index (χ2v) is 7.74. The quantitative estimate of drug-likeness (QED) is 0.523. The number of anilines is 1. The third-order valence-electron chi connectivity index (χ3n) is 5.92. The molecule has 0 aromatic carbocycles. The van der Waals surface area contributed by atoms with Gasteiger partial charge < -0.3 is 9.47 Å². The molecule has 8 nitrogen and oxygen atoms in total. The second kappa shape index (κ2) is 7.37. The molecule has 0 aliphatic carbocycles. The van der Waals surface area contributed by atoms with E-state index in [2.05, 4.69) is 42.5 Å². The minimum atomic E-state index is -0.0952. The molecule has 0 radical (unpaired) electrons. The summed E-state index contributed by atoms with van der Waals surface area (Å²) < 4.78 is 3.71. The van der Waals surface area contributed by atoms with Gasteiger partial charge in [0.15, 0.2) is 5.82 Å². The molecule has 4 aromatic heterocycles. The molecule has 30 heavy (non-hydrogen) atoms. The van der Waals surface area contributed by atoms with Gasteiger partial charge in [0.25, 0.3) is 5.56 Å². The van der Waals surface area contributed by atoms with Crippen LogP contribution in [0.2, 0.25) is 0 Å². The van der Waals surface area contributed by atoms with Gasteiger partial charge in [0, 0.05) is 43.3 Å². The molecule has 4 aromatic rings. The van der Waals surface area contributed by atoms with Crippen LogP contribution in [0.5, 0.6) is 0 Å². The first-order chi connectivity index (χ1) is 14.6. The van der Waals surface area contributed by atoms with Gasteiger partial charge >= 0.3 is 0 Å². The highest BCUT2D eigenvalue weighted by Crippen LogP contribution is 2.31. The van der Waals surface area contributed by atoms with Gasteiger partial charge in [-0.05, 0) is 44.0 Å². The van der Waals surface area contributed by atoms with E-state index in [1.807, 2.05) is 19.2 Å². The summed E-state index contributed by atoms with van der Waals surface area (Å²) in [6.07, 6.45) is 7.13. The maximum Gasteiger partial charge on any atom is 0.266 e. The third-order valence-corrected chi connectivity index (χ3v) is 5.92. The molecular formula is C22H23N7O. The Labute approximate surface area is 173 Å². The SMILES string of the molecule is Cc1cc2ncnc(N3CCCC3Cn3nc(-c4ccncc4)ccc3=O)c2n1C. The van der Waals surface area contributed by atoms with Crippen LogP contribution < -0.4 is 10.5 Å². The molecule has 1 fully saturated rings. The minimum absolute atomic E-state index is 0.0952. The van der Waals surface area contributed by atoms with Crippen LogP contribution in [0.4, 0.5) is 5.82 Å². The Bertz CT molecular complexity index is 1260. The topological polar surface area (TPSA) is 81.7 Å². The van der Waals surface area contributed by atoms with E-state index in [-0.39, 0.29) is 11.6 Å². The molecule has 152 valence electrons. The predicted molar refractivity (Wildman–Crippen MR) is 115 cm³/mol. The van der Waals surface area contributed by atoms with Gasteiger partial charge in [0.1, 0.15) is 11.8 Å². The van der Waals surface area contributed by atoms with Gasteiger partial charge in [0.2, 0.25) is 0 Å². The monoisotopic (exact) mass is 401 g/mol. The van der Waals surface area contributed by atoms with Crippen molar-refractivity contribution >= 4 is 16.9 Å². The summed E-state index contributed by atoms with van der Waals surface area (Å²) in [5.41, 5.74) is 4.74. The number of hydrogen-bond donors (Lipinski definition) is 0. The third kappa shape index (κ3) is 3.14. The van der Waals surface area contributed by atoms with E-state index < -0.39 is 0 Å². The lowest BCUT2D eigenvalue weighted by Crippen LogP contribution is -2.37. The second-order valence-electron chi connectivity index (χ2n) is 7.74. The van der Waals surface area contributed by atoms with Crippen LogP contribution in [-0.2, 0) is 13.6 Å². The average molecular weight is 401 g/mol. The van der Waals surface area contributed by atoms with Crippen molar-refractivity contribution in [2.24, 2.45) is 7.05 Å². The summed E-state index contributed by atoms with van der Waals surface area (Å²) in [4.78, 5) is 28.0. The standard InChI is InChI=1S/C22H23N7O/c1-15-12-19-21(27(15)2)22(25-14-24-19)28-11-3-4-17(28)13-29-20(30)6-5-18(26-29)16-7-9-23-10-8-16/h5-10,12,14,17H,3-4,11,13H2,1-2H3. The zero-order chi connectivity index (χ0) is 20.7. The molecule has 5 rings (SSSR count). The molecule has 0 amide bonds. The van der Waals surface area contributed by atoms with Crippen molar-refractivity contribution in [3.63, 3.8) is 0 Å². The number of fused-ring (bicyclic) bond motifs is 1. The normalized spacial score (nSPS) is 16.5. The van der Waals surface area contributed by atoms with E-state index in [0.29, 0.717) is 6.54 Å². The number of aryl methyl sites for hydroxylation is 2.